The highest BCUT2D eigenvalue weighted by atomic mass is 19.2. The maximum atomic E-state index is 15.1. The zero-order chi connectivity index (χ0) is 23.4. The van der Waals surface area contributed by atoms with Crippen LogP contribution in [-0.2, 0) is 0 Å². The van der Waals surface area contributed by atoms with Gasteiger partial charge in [0, 0.05) is 42.9 Å². The smallest absolute Gasteiger partial charge is 0.277 e. The summed E-state index contributed by atoms with van der Waals surface area (Å²) >= 11 is 0. The predicted molar refractivity (Wildman–Crippen MR) is 111 cm³/mol. The van der Waals surface area contributed by atoms with E-state index in [9.17, 15) is 23.5 Å². The molecule has 1 unspecified atom stereocenters. The lowest BCUT2D eigenvalue weighted by Crippen LogP contribution is -2.62. The minimum Gasteiger partial charge on any atom is -0.502 e. The van der Waals surface area contributed by atoms with E-state index in [1.165, 1.54) is 41.0 Å². The van der Waals surface area contributed by atoms with Crippen molar-refractivity contribution in [1.29, 1.82) is 0 Å². The maximum Gasteiger partial charge on any atom is 0.277 e. The highest BCUT2D eigenvalue weighted by Gasteiger charge is 2.44. The van der Waals surface area contributed by atoms with Crippen LogP contribution in [0.1, 0.15) is 34.1 Å². The summed E-state index contributed by atoms with van der Waals surface area (Å²) in [5.41, 5.74) is -0.844. The van der Waals surface area contributed by atoms with Gasteiger partial charge >= 0.3 is 0 Å². The third kappa shape index (κ3) is 3.12. The largest absolute Gasteiger partial charge is 0.502 e. The first kappa shape index (κ1) is 20.9. The van der Waals surface area contributed by atoms with Gasteiger partial charge in [0.05, 0.1) is 6.61 Å². The number of hydrogen-bond acceptors (Lipinski definition) is 5. The number of amides is 1. The van der Waals surface area contributed by atoms with Gasteiger partial charge in [0.2, 0.25) is 5.43 Å². The lowest BCUT2D eigenvalue weighted by atomic mass is 9.94. The SMILES string of the molecule is CN1C(=O)c2c(O)c(=O)ccn2N2C1CCOc1cc(F)c(F)cc1[C@H]2c1ccccc1F. The van der Waals surface area contributed by atoms with Gasteiger partial charge < -0.3 is 14.7 Å². The molecule has 1 aromatic heterocycles. The third-order valence-electron chi connectivity index (χ3n) is 6.02. The average Bonchev–Trinajstić information content (AvgIpc) is 2.78. The molecule has 0 spiro atoms. The van der Waals surface area contributed by atoms with Crippen molar-refractivity contribution in [2.45, 2.75) is 18.6 Å². The van der Waals surface area contributed by atoms with Crippen LogP contribution in [0.5, 0.6) is 11.5 Å². The molecule has 2 aliphatic rings. The number of ether oxygens (including phenoxy) is 1. The Bertz CT molecular complexity index is 1340. The second-order valence-electron chi connectivity index (χ2n) is 7.86. The van der Waals surface area contributed by atoms with Gasteiger partial charge in [0.1, 0.15) is 23.8 Å². The summed E-state index contributed by atoms with van der Waals surface area (Å²) in [6, 6.07) is 7.62. The highest BCUT2D eigenvalue weighted by molar-refractivity contribution is 5.96. The molecular weight excluding hydrogens is 439 g/mol. The Hall–Kier alpha value is -3.95. The average molecular weight is 457 g/mol. The Balaban J connectivity index is 1.87. The molecule has 1 N–H and O–H groups in total. The molecule has 2 aromatic carbocycles. The van der Waals surface area contributed by atoms with Crippen LogP contribution in [0, 0.1) is 17.5 Å². The molecule has 3 aromatic rings. The van der Waals surface area contributed by atoms with Crippen LogP contribution >= 0.6 is 0 Å². The zero-order valence-electron chi connectivity index (χ0n) is 17.3. The number of rotatable bonds is 1. The maximum absolute atomic E-state index is 15.1. The lowest BCUT2D eigenvalue weighted by Gasteiger charge is -2.49. The minimum atomic E-state index is -1.15. The van der Waals surface area contributed by atoms with Crippen LogP contribution in [0.3, 0.4) is 0 Å². The summed E-state index contributed by atoms with van der Waals surface area (Å²) in [6.45, 7) is 0.0440. The van der Waals surface area contributed by atoms with Crippen molar-refractivity contribution >= 4 is 5.91 Å². The molecule has 0 radical (unpaired) electrons. The van der Waals surface area contributed by atoms with Crippen molar-refractivity contribution in [2.75, 3.05) is 18.7 Å². The number of pyridine rings is 1. The lowest BCUT2D eigenvalue weighted by molar-refractivity contribution is 0.0572. The Kier molecular flexibility index (Phi) is 4.80. The van der Waals surface area contributed by atoms with Crippen molar-refractivity contribution in [3.63, 3.8) is 0 Å². The van der Waals surface area contributed by atoms with Crippen LogP contribution in [0.15, 0.2) is 53.5 Å². The van der Waals surface area contributed by atoms with Crippen LogP contribution in [0.2, 0.25) is 0 Å². The van der Waals surface area contributed by atoms with Gasteiger partial charge in [-0.1, -0.05) is 18.2 Å². The van der Waals surface area contributed by atoms with Crippen molar-refractivity contribution < 1.29 is 27.8 Å². The van der Waals surface area contributed by atoms with Gasteiger partial charge in [-0.25, -0.2) is 13.2 Å². The summed E-state index contributed by atoms with van der Waals surface area (Å²) in [7, 11) is 1.48. The molecule has 10 heteroatoms. The zero-order valence-corrected chi connectivity index (χ0v) is 17.3. The van der Waals surface area contributed by atoms with Gasteiger partial charge in [-0.15, -0.1) is 0 Å². The van der Waals surface area contributed by atoms with E-state index in [0.717, 1.165) is 18.2 Å². The Morgan fingerprint density at radius 2 is 1.73 bits per heavy atom. The van der Waals surface area contributed by atoms with E-state index in [1.54, 1.807) is 11.1 Å². The van der Waals surface area contributed by atoms with Gasteiger partial charge in [0.25, 0.3) is 5.91 Å². The fraction of sp³-hybridized carbons (Fsp3) is 0.217. The number of aromatic hydroxyl groups is 1. The second-order valence-corrected chi connectivity index (χ2v) is 7.86. The molecule has 0 fully saturated rings. The quantitative estimate of drug-likeness (QED) is 0.609. The molecule has 0 saturated carbocycles. The summed E-state index contributed by atoms with van der Waals surface area (Å²) < 4.78 is 50.6. The van der Waals surface area contributed by atoms with Gasteiger partial charge in [-0.2, -0.15) is 0 Å². The molecule has 3 heterocycles. The second kappa shape index (κ2) is 7.58. The van der Waals surface area contributed by atoms with Crippen LogP contribution in [0.4, 0.5) is 13.2 Å². The molecule has 33 heavy (non-hydrogen) atoms. The van der Waals surface area contributed by atoms with E-state index >= 15 is 4.39 Å². The van der Waals surface area contributed by atoms with E-state index in [2.05, 4.69) is 0 Å². The van der Waals surface area contributed by atoms with Gasteiger partial charge in [-0.05, 0) is 12.1 Å². The number of hydrogen-bond donors (Lipinski definition) is 1. The molecule has 2 aliphatic heterocycles. The molecule has 2 atom stereocenters. The van der Waals surface area contributed by atoms with E-state index < -0.39 is 46.7 Å². The summed E-state index contributed by atoms with van der Waals surface area (Å²) in [6.07, 6.45) is 0.793. The number of benzene rings is 2. The van der Waals surface area contributed by atoms with Crippen molar-refractivity contribution in [2.24, 2.45) is 0 Å². The number of fused-ring (bicyclic) bond motifs is 4. The van der Waals surface area contributed by atoms with E-state index in [4.69, 9.17) is 4.74 Å². The highest BCUT2D eigenvalue weighted by Crippen LogP contribution is 2.41. The van der Waals surface area contributed by atoms with Crippen LogP contribution < -0.4 is 15.2 Å². The van der Waals surface area contributed by atoms with Crippen LogP contribution in [-0.4, -0.2) is 40.4 Å². The first-order chi connectivity index (χ1) is 15.8. The topological polar surface area (TPSA) is 75.0 Å². The Labute approximate surface area is 185 Å². The fourth-order valence-electron chi connectivity index (χ4n) is 4.46. The number of aromatic nitrogens is 1. The standard InChI is InChI=1S/C23H18F3N3O4/c1-27-19-7-9-33-18-11-16(26)15(25)10-13(18)20(12-4-2-3-5-14(12)24)29(19)28-8-6-17(30)22(31)21(28)23(27)32/h2-6,8,10-11,19-20,31H,7,9H2,1H3/t19?,20-/m1/s1. The van der Waals surface area contributed by atoms with E-state index in [-0.39, 0.29) is 35.6 Å². The van der Waals surface area contributed by atoms with Gasteiger partial charge in [-0.3, -0.25) is 19.3 Å². The normalized spacial score (nSPS) is 19.7. The molecule has 1 amide bonds. The fourth-order valence-corrected chi connectivity index (χ4v) is 4.46. The minimum absolute atomic E-state index is 0.0203. The van der Waals surface area contributed by atoms with Crippen molar-refractivity contribution in [3.8, 4) is 11.5 Å². The first-order valence-corrected chi connectivity index (χ1v) is 10.2. The molecule has 170 valence electrons. The Morgan fingerprint density at radius 1 is 1.00 bits per heavy atom. The first-order valence-electron chi connectivity index (χ1n) is 10.2. The Morgan fingerprint density at radius 3 is 2.48 bits per heavy atom. The number of carbonyl (C=O) groups is 1. The molecule has 7 nitrogen and oxygen atoms in total. The van der Waals surface area contributed by atoms with Crippen molar-refractivity contribution in [1.82, 2.24) is 9.58 Å². The third-order valence-corrected chi connectivity index (χ3v) is 6.02. The number of carbonyl (C=O) groups excluding carboxylic acids is 1. The van der Waals surface area contributed by atoms with E-state index in [1.807, 2.05) is 0 Å². The molecule has 0 saturated heterocycles. The molecule has 0 aliphatic carbocycles. The predicted octanol–water partition coefficient (Wildman–Crippen LogP) is 2.89. The number of halogens is 3. The van der Waals surface area contributed by atoms with E-state index in [0.29, 0.717) is 0 Å². The number of nitrogens with zero attached hydrogens (tertiary/aromatic N) is 3. The van der Waals surface area contributed by atoms with Crippen molar-refractivity contribution in [3.05, 3.63) is 93.2 Å². The van der Waals surface area contributed by atoms with Gasteiger partial charge in [0.15, 0.2) is 23.1 Å². The summed E-state index contributed by atoms with van der Waals surface area (Å²) in [5.74, 6) is -4.25. The molecule has 0 bridgehead atoms. The monoisotopic (exact) mass is 457 g/mol. The summed E-state index contributed by atoms with van der Waals surface area (Å²) in [4.78, 5) is 26.4. The molecular formula is C23H18F3N3O4. The summed E-state index contributed by atoms with van der Waals surface area (Å²) in [5, 5.41) is 12.0. The molecule has 5 rings (SSSR count). The van der Waals surface area contributed by atoms with Crippen LogP contribution in [0.25, 0.3) is 0 Å².